The maximum atomic E-state index is 12.0. The van der Waals surface area contributed by atoms with Gasteiger partial charge in [0.2, 0.25) is 0 Å². The van der Waals surface area contributed by atoms with E-state index in [9.17, 15) is 5.11 Å². The molecule has 126 valence electrons. The van der Waals surface area contributed by atoms with Crippen LogP contribution in [0.1, 0.15) is 35.2 Å². The molecule has 2 aromatic rings. The van der Waals surface area contributed by atoms with Gasteiger partial charge in [-0.25, -0.2) is 0 Å². The lowest BCUT2D eigenvalue weighted by Gasteiger charge is -2.41. The highest BCUT2D eigenvalue weighted by Crippen LogP contribution is 2.45. The monoisotopic (exact) mass is 342 g/mol. The standard InChI is InChI=1S/C20H23ClN2O/c1-23-11-8-16(9-12-23)20(24)18-7-6-17(21)13-15(18)5-4-14-3-2-10-22-19(14)20/h2-3,6-7,10,13,16,24H,4-5,8-9,11-12H2,1H3/t20-/m1/s1. The van der Waals surface area contributed by atoms with Gasteiger partial charge in [-0.2, -0.15) is 0 Å². The molecule has 1 aromatic heterocycles. The first kappa shape index (κ1) is 16.1. The van der Waals surface area contributed by atoms with E-state index in [0.717, 1.165) is 66.2 Å². The fraction of sp³-hybridized carbons (Fsp3) is 0.450. The van der Waals surface area contributed by atoms with Crippen LogP contribution in [0.4, 0.5) is 0 Å². The van der Waals surface area contributed by atoms with Crippen molar-refractivity contribution in [3.05, 3.63) is 63.9 Å². The molecule has 1 aliphatic heterocycles. The Bertz CT molecular complexity index is 755. The van der Waals surface area contributed by atoms with Gasteiger partial charge >= 0.3 is 0 Å². The van der Waals surface area contributed by atoms with Crippen LogP contribution in [0.25, 0.3) is 0 Å². The fourth-order valence-corrected chi connectivity index (χ4v) is 4.56. The molecule has 0 spiro atoms. The molecule has 4 heteroatoms. The van der Waals surface area contributed by atoms with Gasteiger partial charge in [0.1, 0.15) is 5.60 Å². The average molecular weight is 343 g/mol. The molecule has 3 nitrogen and oxygen atoms in total. The lowest BCUT2D eigenvalue weighted by molar-refractivity contribution is -0.0148. The summed E-state index contributed by atoms with van der Waals surface area (Å²) in [7, 11) is 2.15. The Morgan fingerprint density at radius 2 is 1.92 bits per heavy atom. The van der Waals surface area contributed by atoms with Crippen molar-refractivity contribution in [1.82, 2.24) is 9.88 Å². The lowest BCUT2D eigenvalue weighted by atomic mass is 9.72. The highest BCUT2D eigenvalue weighted by atomic mass is 35.5. The van der Waals surface area contributed by atoms with Crippen molar-refractivity contribution in [3.63, 3.8) is 0 Å². The Morgan fingerprint density at radius 1 is 1.17 bits per heavy atom. The van der Waals surface area contributed by atoms with Gasteiger partial charge in [0.05, 0.1) is 5.69 Å². The van der Waals surface area contributed by atoms with E-state index in [2.05, 4.69) is 23.0 Å². The quantitative estimate of drug-likeness (QED) is 0.862. The van der Waals surface area contributed by atoms with Gasteiger partial charge in [0.15, 0.2) is 0 Å². The van der Waals surface area contributed by atoms with Crippen molar-refractivity contribution >= 4 is 11.6 Å². The maximum Gasteiger partial charge on any atom is 0.135 e. The molecule has 0 saturated carbocycles. The van der Waals surface area contributed by atoms with Crippen LogP contribution in [0.3, 0.4) is 0 Å². The number of hydrogen-bond donors (Lipinski definition) is 1. The van der Waals surface area contributed by atoms with Crippen LogP contribution in [-0.4, -0.2) is 35.1 Å². The number of nitrogens with zero attached hydrogens (tertiary/aromatic N) is 2. The molecule has 1 aromatic carbocycles. The maximum absolute atomic E-state index is 12.0. The van der Waals surface area contributed by atoms with E-state index in [-0.39, 0.29) is 5.92 Å². The second kappa shape index (κ2) is 6.14. The molecule has 24 heavy (non-hydrogen) atoms. The SMILES string of the molecule is CN1CCC([C@@]2(O)c3ccc(Cl)cc3CCc3cccnc32)CC1. The zero-order valence-corrected chi connectivity index (χ0v) is 14.8. The summed E-state index contributed by atoms with van der Waals surface area (Å²) in [4.78, 5) is 6.98. The van der Waals surface area contributed by atoms with Gasteiger partial charge in [-0.05, 0) is 80.7 Å². The summed E-state index contributed by atoms with van der Waals surface area (Å²) in [5.41, 5.74) is 3.14. The molecule has 1 N–H and O–H groups in total. The van der Waals surface area contributed by atoms with E-state index in [1.54, 1.807) is 6.20 Å². The summed E-state index contributed by atoms with van der Waals surface area (Å²) in [6, 6.07) is 10.0. The normalized spacial score (nSPS) is 25.0. The number of likely N-dealkylation sites (tertiary alicyclic amines) is 1. The third-order valence-corrected chi connectivity index (χ3v) is 5.94. The number of rotatable bonds is 1. The van der Waals surface area contributed by atoms with Crippen LogP contribution in [0, 0.1) is 5.92 Å². The number of aromatic nitrogens is 1. The zero-order valence-electron chi connectivity index (χ0n) is 14.0. The number of benzene rings is 1. The van der Waals surface area contributed by atoms with Gasteiger partial charge in [0, 0.05) is 17.1 Å². The number of piperidine rings is 1. The van der Waals surface area contributed by atoms with Gasteiger partial charge < -0.3 is 10.0 Å². The second-order valence-corrected chi connectivity index (χ2v) is 7.59. The van der Waals surface area contributed by atoms with Crippen LogP contribution < -0.4 is 0 Å². The van der Waals surface area contributed by atoms with Crippen molar-refractivity contribution in [1.29, 1.82) is 0 Å². The van der Waals surface area contributed by atoms with Gasteiger partial charge in [-0.1, -0.05) is 23.7 Å². The van der Waals surface area contributed by atoms with Crippen molar-refractivity contribution in [2.45, 2.75) is 31.3 Å². The second-order valence-electron chi connectivity index (χ2n) is 7.16. The van der Waals surface area contributed by atoms with Gasteiger partial charge in [0.25, 0.3) is 0 Å². The Morgan fingerprint density at radius 3 is 2.71 bits per heavy atom. The molecule has 0 radical (unpaired) electrons. The van der Waals surface area contributed by atoms with Gasteiger partial charge in [-0.15, -0.1) is 0 Å². The molecule has 1 saturated heterocycles. The Kier molecular flexibility index (Phi) is 4.11. The molecule has 0 amide bonds. The molecule has 2 heterocycles. The molecule has 0 bridgehead atoms. The van der Waals surface area contributed by atoms with E-state index < -0.39 is 5.60 Å². The van der Waals surface area contributed by atoms with E-state index in [0.29, 0.717) is 0 Å². The highest BCUT2D eigenvalue weighted by molar-refractivity contribution is 6.30. The van der Waals surface area contributed by atoms with Crippen molar-refractivity contribution in [3.8, 4) is 0 Å². The smallest absolute Gasteiger partial charge is 0.135 e. The number of hydrogen-bond acceptors (Lipinski definition) is 3. The van der Waals surface area contributed by atoms with Crippen molar-refractivity contribution < 1.29 is 5.11 Å². The number of aryl methyl sites for hydroxylation is 2. The van der Waals surface area contributed by atoms with E-state index in [1.165, 1.54) is 0 Å². The Hall–Kier alpha value is -1.42. The molecular formula is C20H23ClN2O. The first-order valence-electron chi connectivity index (χ1n) is 8.73. The predicted molar refractivity (Wildman–Crippen MR) is 96.3 cm³/mol. The highest BCUT2D eigenvalue weighted by Gasteiger charge is 2.45. The molecule has 0 unspecified atom stereocenters. The predicted octanol–water partition coefficient (Wildman–Crippen LogP) is 3.41. The summed E-state index contributed by atoms with van der Waals surface area (Å²) < 4.78 is 0. The molecule has 4 rings (SSSR count). The minimum atomic E-state index is -1.02. The lowest BCUT2D eigenvalue weighted by Crippen LogP contribution is -2.44. The number of aliphatic hydroxyl groups is 1. The third-order valence-electron chi connectivity index (χ3n) is 5.70. The first-order chi connectivity index (χ1) is 11.6. The minimum absolute atomic E-state index is 0.181. The van der Waals surface area contributed by atoms with E-state index in [4.69, 9.17) is 11.6 Å². The van der Waals surface area contributed by atoms with Crippen molar-refractivity contribution in [2.24, 2.45) is 5.92 Å². The molecule has 1 fully saturated rings. The Balaban J connectivity index is 1.90. The third kappa shape index (κ3) is 2.55. The molecule has 1 atom stereocenters. The Labute approximate surface area is 148 Å². The fourth-order valence-electron chi connectivity index (χ4n) is 4.36. The average Bonchev–Trinajstić information content (AvgIpc) is 2.71. The minimum Gasteiger partial charge on any atom is -0.378 e. The van der Waals surface area contributed by atoms with E-state index in [1.807, 2.05) is 24.3 Å². The summed E-state index contributed by atoms with van der Waals surface area (Å²) in [5.74, 6) is 0.181. The van der Waals surface area contributed by atoms with Crippen LogP contribution in [0.15, 0.2) is 36.5 Å². The summed E-state index contributed by atoms with van der Waals surface area (Å²) in [5, 5.41) is 12.8. The molecule has 1 aliphatic carbocycles. The van der Waals surface area contributed by atoms with Crippen LogP contribution in [0.2, 0.25) is 5.02 Å². The zero-order chi connectivity index (χ0) is 16.7. The first-order valence-corrected chi connectivity index (χ1v) is 9.11. The van der Waals surface area contributed by atoms with Crippen molar-refractivity contribution in [2.75, 3.05) is 20.1 Å². The molecule has 2 aliphatic rings. The number of halogens is 1. The van der Waals surface area contributed by atoms with Crippen LogP contribution in [-0.2, 0) is 18.4 Å². The van der Waals surface area contributed by atoms with Crippen LogP contribution in [0.5, 0.6) is 0 Å². The summed E-state index contributed by atoms with van der Waals surface area (Å²) in [6.07, 6.45) is 5.55. The summed E-state index contributed by atoms with van der Waals surface area (Å²) >= 11 is 6.24. The largest absolute Gasteiger partial charge is 0.378 e. The summed E-state index contributed by atoms with van der Waals surface area (Å²) in [6.45, 7) is 2.02. The number of fused-ring (bicyclic) bond motifs is 2. The van der Waals surface area contributed by atoms with Crippen LogP contribution >= 0.6 is 11.6 Å². The molecular weight excluding hydrogens is 320 g/mol. The van der Waals surface area contributed by atoms with Gasteiger partial charge in [-0.3, -0.25) is 4.98 Å². The number of pyridine rings is 1. The van der Waals surface area contributed by atoms with E-state index >= 15 is 0 Å². The topological polar surface area (TPSA) is 36.4 Å².